The highest BCUT2D eigenvalue weighted by atomic mass is 15.2. The molecule has 0 fully saturated rings. The van der Waals surface area contributed by atoms with E-state index in [2.05, 4.69) is 48.8 Å². The fraction of sp³-hybridized carbons (Fsp3) is 0.500. The molecule has 0 radical (unpaired) electrons. The van der Waals surface area contributed by atoms with Gasteiger partial charge in [-0.2, -0.15) is 0 Å². The van der Waals surface area contributed by atoms with Crippen molar-refractivity contribution in [2.45, 2.75) is 39.3 Å². The molecule has 1 aliphatic heterocycles. The summed E-state index contributed by atoms with van der Waals surface area (Å²) in [4.78, 5) is 10.5. The third-order valence-electron chi connectivity index (χ3n) is 4.00. The summed E-state index contributed by atoms with van der Waals surface area (Å²) >= 11 is 0. The summed E-state index contributed by atoms with van der Waals surface area (Å²) in [7, 11) is 2.19. The van der Waals surface area contributed by atoms with Crippen molar-refractivity contribution >= 4 is 11.0 Å². The maximum Gasteiger partial charge on any atom is 0.0915 e. The predicted octanol–water partition coefficient (Wildman–Crippen LogP) is 2.64. The number of nitrogens with zero attached hydrogens (tertiary/aromatic N) is 2. The number of aryl methyl sites for hydroxylation is 1. The lowest BCUT2D eigenvalue weighted by Crippen LogP contribution is -2.45. The van der Waals surface area contributed by atoms with Crippen molar-refractivity contribution in [1.82, 2.24) is 14.9 Å². The van der Waals surface area contributed by atoms with Crippen molar-refractivity contribution in [3.8, 4) is 0 Å². The first-order chi connectivity index (χ1) is 7.97. The SMILES string of the molecule is Cc1cnc2c3c([nH]c2c1)CN(C)C(C)(C)C3. The van der Waals surface area contributed by atoms with E-state index in [-0.39, 0.29) is 5.54 Å². The molecule has 3 rings (SSSR count). The van der Waals surface area contributed by atoms with Crippen LogP contribution in [0.1, 0.15) is 30.7 Å². The van der Waals surface area contributed by atoms with E-state index in [0.29, 0.717) is 0 Å². The van der Waals surface area contributed by atoms with E-state index >= 15 is 0 Å². The van der Waals surface area contributed by atoms with Crippen LogP contribution in [0.4, 0.5) is 0 Å². The first kappa shape index (κ1) is 10.8. The standard InChI is InChI=1S/C14H19N3/c1-9-5-11-13(15-7-9)10-6-14(2,3)17(4)8-12(10)16-11/h5,7,16H,6,8H2,1-4H3. The van der Waals surface area contributed by atoms with E-state index in [1.165, 1.54) is 22.3 Å². The number of hydrogen-bond acceptors (Lipinski definition) is 2. The summed E-state index contributed by atoms with van der Waals surface area (Å²) in [5.41, 5.74) is 6.51. The number of likely N-dealkylation sites (N-methyl/N-ethyl adjacent to an activating group) is 1. The minimum absolute atomic E-state index is 0.217. The van der Waals surface area contributed by atoms with Crippen molar-refractivity contribution in [3.05, 3.63) is 29.1 Å². The summed E-state index contributed by atoms with van der Waals surface area (Å²) in [5.74, 6) is 0. The second-order valence-corrected chi connectivity index (χ2v) is 5.84. The fourth-order valence-corrected chi connectivity index (χ4v) is 2.63. The summed E-state index contributed by atoms with van der Waals surface area (Å²) in [6, 6.07) is 2.19. The lowest BCUT2D eigenvalue weighted by molar-refractivity contribution is 0.132. The number of hydrogen-bond donors (Lipinski definition) is 1. The monoisotopic (exact) mass is 229 g/mol. The molecule has 90 valence electrons. The topological polar surface area (TPSA) is 31.9 Å². The number of aromatic amines is 1. The van der Waals surface area contributed by atoms with Crippen LogP contribution in [0.15, 0.2) is 12.3 Å². The molecule has 17 heavy (non-hydrogen) atoms. The molecular weight excluding hydrogens is 210 g/mol. The smallest absolute Gasteiger partial charge is 0.0915 e. The van der Waals surface area contributed by atoms with E-state index < -0.39 is 0 Å². The predicted molar refractivity (Wildman–Crippen MR) is 70.1 cm³/mol. The molecule has 2 aromatic rings. The van der Waals surface area contributed by atoms with Crippen LogP contribution in [0.2, 0.25) is 0 Å². The minimum Gasteiger partial charge on any atom is -0.356 e. The highest BCUT2D eigenvalue weighted by molar-refractivity contribution is 5.81. The Labute approximate surface area is 102 Å². The zero-order chi connectivity index (χ0) is 12.2. The Hall–Kier alpha value is -1.35. The number of nitrogens with one attached hydrogen (secondary N) is 1. The van der Waals surface area contributed by atoms with Gasteiger partial charge in [0.2, 0.25) is 0 Å². The number of rotatable bonds is 0. The number of H-pyrrole nitrogens is 1. The third-order valence-corrected chi connectivity index (χ3v) is 4.00. The molecule has 0 bridgehead atoms. The van der Waals surface area contributed by atoms with E-state index in [4.69, 9.17) is 0 Å². The van der Waals surface area contributed by atoms with Gasteiger partial charge >= 0.3 is 0 Å². The van der Waals surface area contributed by atoms with Crippen LogP contribution in [0.5, 0.6) is 0 Å². The van der Waals surface area contributed by atoms with Crippen LogP contribution in [0.25, 0.3) is 11.0 Å². The Morgan fingerprint density at radius 3 is 2.94 bits per heavy atom. The molecule has 1 aliphatic rings. The molecule has 1 N–H and O–H groups in total. The van der Waals surface area contributed by atoms with Crippen molar-refractivity contribution in [1.29, 1.82) is 0 Å². The Morgan fingerprint density at radius 1 is 1.41 bits per heavy atom. The van der Waals surface area contributed by atoms with Crippen LogP contribution < -0.4 is 0 Å². The normalized spacial score (nSPS) is 19.5. The van der Waals surface area contributed by atoms with Gasteiger partial charge in [0.1, 0.15) is 0 Å². The molecule has 0 amide bonds. The molecule has 3 heteroatoms. The van der Waals surface area contributed by atoms with Gasteiger partial charge < -0.3 is 4.98 Å². The second kappa shape index (κ2) is 3.33. The lowest BCUT2D eigenvalue weighted by atomic mass is 9.89. The summed E-state index contributed by atoms with van der Waals surface area (Å²) in [6.45, 7) is 7.66. The van der Waals surface area contributed by atoms with E-state index in [1.54, 1.807) is 0 Å². The minimum atomic E-state index is 0.217. The zero-order valence-corrected chi connectivity index (χ0v) is 11.0. The average Bonchev–Trinajstić information content (AvgIpc) is 2.55. The maximum absolute atomic E-state index is 4.59. The van der Waals surface area contributed by atoms with Crippen LogP contribution in [-0.4, -0.2) is 27.5 Å². The van der Waals surface area contributed by atoms with Crippen LogP contribution in [-0.2, 0) is 13.0 Å². The fourth-order valence-electron chi connectivity index (χ4n) is 2.63. The van der Waals surface area contributed by atoms with Crippen molar-refractivity contribution < 1.29 is 0 Å². The van der Waals surface area contributed by atoms with Crippen molar-refractivity contribution in [2.24, 2.45) is 0 Å². The summed E-state index contributed by atoms with van der Waals surface area (Å²) in [6.07, 6.45) is 3.02. The van der Waals surface area contributed by atoms with Crippen molar-refractivity contribution in [3.63, 3.8) is 0 Å². The molecule has 2 aromatic heterocycles. The highest BCUT2D eigenvalue weighted by Gasteiger charge is 2.32. The number of aromatic nitrogens is 2. The van der Waals surface area contributed by atoms with Gasteiger partial charge in [0.15, 0.2) is 0 Å². The molecule has 0 spiro atoms. The maximum atomic E-state index is 4.59. The zero-order valence-electron chi connectivity index (χ0n) is 11.0. The Bertz CT molecular complexity index is 580. The van der Waals surface area contributed by atoms with Gasteiger partial charge in [0, 0.05) is 29.5 Å². The molecule has 0 atom stereocenters. The average molecular weight is 229 g/mol. The molecule has 0 unspecified atom stereocenters. The Kier molecular flexibility index (Phi) is 2.11. The molecule has 0 aliphatic carbocycles. The van der Waals surface area contributed by atoms with Gasteiger partial charge in [0.05, 0.1) is 11.0 Å². The summed E-state index contributed by atoms with van der Waals surface area (Å²) in [5, 5.41) is 0. The van der Waals surface area contributed by atoms with Crippen LogP contribution in [0, 0.1) is 6.92 Å². The molecule has 0 saturated carbocycles. The number of pyridine rings is 1. The Balaban J connectivity index is 2.21. The highest BCUT2D eigenvalue weighted by Crippen LogP contribution is 2.33. The molecular formula is C14H19N3. The third kappa shape index (κ3) is 1.57. The Morgan fingerprint density at radius 2 is 2.18 bits per heavy atom. The lowest BCUT2D eigenvalue weighted by Gasteiger charge is -2.39. The van der Waals surface area contributed by atoms with Crippen LogP contribution in [0.3, 0.4) is 0 Å². The molecule has 3 heterocycles. The molecule has 0 aromatic carbocycles. The number of fused-ring (bicyclic) bond motifs is 3. The van der Waals surface area contributed by atoms with Crippen molar-refractivity contribution in [2.75, 3.05) is 7.05 Å². The molecule has 0 saturated heterocycles. The van der Waals surface area contributed by atoms with Gasteiger partial charge in [-0.1, -0.05) is 0 Å². The van der Waals surface area contributed by atoms with Gasteiger partial charge in [0.25, 0.3) is 0 Å². The molecule has 3 nitrogen and oxygen atoms in total. The van der Waals surface area contributed by atoms with Crippen LogP contribution >= 0.6 is 0 Å². The van der Waals surface area contributed by atoms with Gasteiger partial charge in [-0.15, -0.1) is 0 Å². The quantitative estimate of drug-likeness (QED) is 0.753. The first-order valence-corrected chi connectivity index (χ1v) is 6.15. The summed E-state index contributed by atoms with van der Waals surface area (Å²) < 4.78 is 0. The second-order valence-electron chi connectivity index (χ2n) is 5.84. The van der Waals surface area contributed by atoms with E-state index in [1.807, 2.05) is 6.20 Å². The largest absolute Gasteiger partial charge is 0.356 e. The first-order valence-electron chi connectivity index (χ1n) is 6.15. The van der Waals surface area contributed by atoms with Gasteiger partial charge in [-0.3, -0.25) is 9.88 Å². The van der Waals surface area contributed by atoms with E-state index in [0.717, 1.165) is 18.5 Å². The van der Waals surface area contributed by atoms with Gasteiger partial charge in [-0.05, 0) is 45.9 Å². The van der Waals surface area contributed by atoms with Gasteiger partial charge in [-0.25, -0.2) is 0 Å². The van der Waals surface area contributed by atoms with E-state index in [9.17, 15) is 0 Å².